The first kappa shape index (κ1) is 19.6. The van der Waals surface area contributed by atoms with Crippen molar-refractivity contribution in [2.75, 3.05) is 7.11 Å². The van der Waals surface area contributed by atoms with Gasteiger partial charge in [-0.2, -0.15) is 5.26 Å². The molecule has 150 valence electrons. The molecule has 0 spiro atoms. The number of nitriles is 1. The van der Waals surface area contributed by atoms with E-state index >= 15 is 0 Å². The van der Waals surface area contributed by atoms with Crippen LogP contribution in [0.2, 0.25) is 5.02 Å². The van der Waals surface area contributed by atoms with Crippen LogP contribution in [0.1, 0.15) is 42.9 Å². The zero-order chi connectivity index (χ0) is 20.5. The number of nitrogens with zero attached hydrogens (tertiary/aromatic N) is 3. The molecule has 0 amide bonds. The number of halogens is 1. The Bertz CT molecular complexity index is 1150. The fourth-order valence-corrected chi connectivity index (χ4v) is 4.49. The molecule has 0 aliphatic heterocycles. The lowest BCUT2D eigenvalue weighted by atomic mass is 9.91. The van der Waals surface area contributed by atoms with E-state index in [1.54, 1.807) is 29.9 Å². The Balaban J connectivity index is 1.82. The molecule has 7 heteroatoms. The third kappa shape index (κ3) is 3.64. The number of hydrogen-bond donors (Lipinski definition) is 1. The molecule has 0 radical (unpaired) electrons. The lowest BCUT2D eigenvalue weighted by molar-refractivity contribution is 0.322. The minimum Gasteiger partial charge on any atom is -0.495 e. The summed E-state index contributed by atoms with van der Waals surface area (Å²) in [6.07, 6.45) is 3.59. The maximum absolute atomic E-state index is 13.4. The molecule has 1 aromatic heterocycles. The molecule has 1 aliphatic rings. The molecule has 2 aromatic carbocycles. The van der Waals surface area contributed by atoms with E-state index in [0.29, 0.717) is 22.9 Å². The summed E-state index contributed by atoms with van der Waals surface area (Å²) in [7, 11) is 1.57. The number of fused-ring (bicyclic) bond motifs is 1. The Morgan fingerprint density at radius 2 is 1.93 bits per heavy atom. The van der Waals surface area contributed by atoms with Crippen LogP contribution in [-0.4, -0.2) is 22.3 Å². The van der Waals surface area contributed by atoms with Crippen molar-refractivity contribution >= 4 is 22.6 Å². The zero-order valence-corrected chi connectivity index (χ0v) is 17.0. The van der Waals surface area contributed by atoms with Gasteiger partial charge in [-0.05, 0) is 61.6 Å². The second-order valence-corrected chi connectivity index (χ2v) is 8.00. The highest BCUT2D eigenvalue weighted by molar-refractivity contribution is 6.32. The van der Waals surface area contributed by atoms with Crippen molar-refractivity contribution in [3.05, 3.63) is 63.0 Å². The van der Waals surface area contributed by atoms with E-state index < -0.39 is 0 Å². The van der Waals surface area contributed by atoms with E-state index in [9.17, 15) is 10.1 Å². The lowest BCUT2D eigenvalue weighted by Crippen LogP contribution is -2.33. The summed E-state index contributed by atoms with van der Waals surface area (Å²) < 4.78 is 8.82. The van der Waals surface area contributed by atoms with Gasteiger partial charge in [0, 0.05) is 12.1 Å². The number of hydrogen-bond acceptors (Lipinski definition) is 4. The number of rotatable bonds is 4. The van der Waals surface area contributed by atoms with Crippen molar-refractivity contribution in [3.8, 4) is 11.8 Å². The highest BCUT2D eigenvalue weighted by atomic mass is 35.5. The minimum absolute atomic E-state index is 0.0671. The van der Waals surface area contributed by atoms with Gasteiger partial charge in [0.05, 0.1) is 41.3 Å². The maximum Gasteiger partial charge on any atom is 0.329 e. The summed E-state index contributed by atoms with van der Waals surface area (Å²) in [5, 5.41) is 9.84. The summed E-state index contributed by atoms with van der Waals surface area (Å²) in [5.41, 5.74) is 9.03. The average molecular weight is 411 g/mol. The highest BCUT2D eigenvalue weighted by Crippen LogP contribution is 2.31. The highest BCUT2D eigenvalue weighted by Gasteiger charge is 2.25. The van der Waals surface area contributed by atoms with Gasteiger partial charge >= 0.3 is 5.69 Å². The Kier molecular flexibility index (Phi) is 5.35. The smallest absolute Gasteiger partial charge is 0.329 e. The predicted octanol–water partition coefficient (Wildman–Crippen LogP) is 3.83. The first-order chi connectivity index (χ1) is 14.0. The van der Waals surface area contributed by atoms with Crippen molar-refractivity contribution < 1.29 is 4.74 Å². The van der Waals surface area contributed by atoms with Gasteiger partial charge < -0.3 is 10.5 Å². The van der Waals surface area contributed by atoms with Crippen LogP contribution in [0.4, 0.5) is 0 Å². The Morgan fingerprint density at radius 1 is 1.17 bits per heavy atom. The molecule has 0 atom stereocenters. The Morgan fingerprint density at radius 3 is 2.59 bits per heavy atom. The van der Waals surface area contributed by atoms with Gasteiger partial charge in [0.15, 0.2) is 0 Å². The van der Waals surface area contributed by atoms with Crippen LogP contribution in [0.15, 0.2) is 41.2 Å². The minimum atomic E-state index is -0.0671. The number of nitrogens with two attached hydrogens (primary N) is 1. The molecule has 0 unspecified atom stereocenters. The molecule has 1 aliphatic carbocycles. The molecular formula is C22H23ClN4O2. The Hall–Kier alpha value is -2.75. The lowest BCUT2D eigenvalue weighted by Gasteiger charge is -2.27. The van der Waals surface area contributed by atoms with Gasteiger partial charge in [0.1, 0.15) is 5.75 Å². The van der Waals surface area contributed by atoms with Crippen LogP contribution < -0.4 is 16.2 Å². The normalized spacial score (nSPS) is 19.2. The van der Waals surface area contributed by atoms with E-state index in [4.69, 9.17) is 22.1 Å². The molecule has 0 saturated heterocycles. The summed E-state index contributed by atoms with van der Waals surface area (Å²) in [4.78, 5) is 13.4. The van der Waals surface area contributed by atoms with E-state index in [2.05, 4.69) is 6.07 Å². The van der Waals surface area contributed by atoms with E-state index in [1.165, 1.54) is 0 Å². The molecule has 2 N–H and O–H groups in total. The molecule has 1 saturated carbocycles. The molecule has 1 heterocycles. The van der Waals surface area contributed by atoms with E-state index in [0.717, 1.165) is 42.3 Å². The number of imidazole rings is 1. The quantitative estimate of drug-likeness (QED) is 0.708. The fraction of sp³-hybridized carbons (Fsp3) is 0.364. The van der Waals surface area contributed by atoms with Crippen LogP contribution in [0.5, 0.6) is 5.75 Å². The van der Waals surface area contributed by atoms with Gasteiger partial charge in [-0.3, -0.25) is 9.13 Å². The first-order valence-corrected chi connectivity index (χ1v) is 10.1. The maximum atomic E-state index is 13.4. The van der Waals surface area contributed by atoms with Gasteiger partial charge in [-0.15, -0.1) is 0 Å². The number of aromatic nitrogens is 2. The molecule has 0 bridgehead atoms. The SMILES string of the molecule is COc1ccc(Cn2c(=O)n(C3CCC(N)CC3)c3ccc(C#N)cc32)cc1Cl. The summed E-state index contributed by atoms with van der Waals surface area (Å²) in [6, 6.07) is 13.4. The fourth-order valence-electron chi connectivity index (χ4n) is 4.21. The van der Waals surface area contributed by atoms with Crippen molar-refractivity contribution in [3.63, 3.8) is 0 Å². The average Bonchev–Trinajstić information content (AvgIpc) is 3.00. The summed E-state index contributed by atoms with van der Waals surface area (Å²) in [5.74, 6) is 0.593. The topological polar surface area (TPSA) is 86.0 Å². The molecule has 6 nitrogen and oxygen atoms in total. The molecule has 1 fully saturated rings. The van der Waals surface area contributed by atoms with E-state index in [-0.39, 0.29) is 17.8 Å². The van der Waals surface area contributed by atoms with Crippen LogP contribution in [0, 0.1) is 11.3 Å². The van der Waals surface area contributed by atoms with E-state index in [1.807, 2.05) is 22.8 Å². The van der Waals surface area contributed by atoms with Crippen molar-refractivity contribution in [2.24, 2.45) is 5.73 Å². The van der Waals surface area contributed by atoms with Gasteiger partial charge in [0.25, 0.3) is 0 Å². The number of methoxy groups -OCH3 is 1. The second kappa shape index (κ2) is 7.94. The number of ether oxygens (including phenoxy) is 1. The number of benzene rings is 2. The van der Waals surface area contributed by atoms with Gasteiger partial charge in [-0.1, -0.05) is 17.7 Å². The standard InChI is InChI=1S/C22H23ClN4O2/c1-29-21-9-3-15(10-18(21)23)13-26-20-11-14(12-24)2-8-19(20)27(22(26)28)17-6-4-16(25)5-7-17/h2-3,8-11,16-17H,4-7,13,25H2,1H3. The summed E-state index contributed by atoms with van der Waals surface area (Å²) >= 11 is 6.27. The van der Waals surface area contributed by atoms with Crippen molar-refractivity contribution in [1.29, 1.82) is 5.26 Å². The predicted molar refractivity (Wildman–Crippen MR) is 113 cm³/mol. The van der Waals surface area contributed by atoms with Gasteiger partial charge in [-0.25, -0.2) is 4.79 Å². The van der Waals surface area contributed by atoms with Crippen LogP contribution in [0.25, 0.3) is 11.0 Å². The molecule has 29 heavy (non-hydrogen) atoms. The largest absolute Gasteiger partial charge is 0.495 e. The van der Waals surface area contributed by atoms with Gasteiger partial charge in [0.2, 0.25) is 0 Å². The second-order valence-electron chi connectivity index (χ2n) is 7.59. The van der Waals surface area contributed by atoms with Crippen LogP contribution in [-0.2, 0) is 6.54 Å². The molecular weight excluding hydrogens is 388 g/mol. The third-order valence-corrected chi connectivity index (χ3v) is 6.05. The molecule has 3 aromatic rings. The van der Waals surface area contributed by atoms with Crippen molar-refractivity contribution in [2.45, 2.75) is 44.3 Å². The molecule has 4 rings (SSSR count). The Labute approximate surface area is 174 Å². The monoisotopic (exact) mass is 410 g/mol. The third-order valence-electron chi connectivity index (χ3n) is 5.76. The van der Waals surface area contributed by atoms with Crippen LogP contribution in [0.3, 0.4) is 0 Å². The zero-order valence-electron chi connectivity index (χ0n) is 16.3. The summed E-state index contributed by atoms with van der Waals surface area (Å²) in [6.45, 7) is 0.368. The van der Waals surface area contributed by atoms with Crippen molar-refractivity contribution in [1.82, 2.24) is 9.13 Å². The first-order valence-electron chi connectivity index (χ1n) is 9.74. The van der Waals surface area contributed by atoms with Crippen LogP contribution >= 0.6 is 11.6 Å².